The lowest BCUT2D eigenvalue weighted by Gasteiger charge is -2.05. The molecule has 2 nitrogen and oxygen atoms in total. The minimum Gasteiger partial charge on any atom is -0.254 e. The molecule has 0 amide bonds. The van der Waals surface area contributed by atoms with Crippen molar-refractivity contribution in [1.82, 2.24) is 0 Å². The quantitative estimate of drug-likeness (QED) is 0.845. The van der Waals surface area contributed by atoms with Gasteiger partial charge in [0.2, 0.25) is 0 Å². The normalized spacial score (nSPS) is 11.8. The van der Waals surface area contributed by atoms with Crippen molar-refractivity contribution in [3.8, 4) is 6.07 Å². The van der Waals surface area contributed by atoms with Crippen LogP contribution >= 0.6 is 0 Å². The Balaban J connectivity index is 2.17. The molecule has 0 aliphatic rings. The Hall–Kier alpha value is -1.92. The van der Waals surface area contributed by atoms with Crippen molar-refractivity contribution < 1.29 is 4.21 Å². The summed E-state index contributed by atoms with van der Waals surface area (Å²) in [6.07, 6.45) is 0. The molecule has 0 spiro atoms. The van der Waals surface area contributed by atoms with Crippen molar-refractivity contribution in [2.75, 3.05) is 0 Å². The molecule has 0 aliphatic carbocycles. The largest absolute Gasteiger partial charge is 0.254 e. The monoisotopic (exact) mass is 255 g/mol. The van der Waals surface area contributed by atoms with Gasteiger partial charge in [-0.1, -0.05) is 30.3 Å². The van der Waals surface area contributed by atoms with Crippen molar-refractivity contribution in [1.29, 1.82) is 5.26 Å². The molecule has 2 aromatic carbocycles. The highest BCUT2D eigenvalue weighted by Gasteiger charge is 2.07. The fourth-order valence-corrected chi connectivity index (χ4v) is 3.02. The van der Waals surface area contributed by atoms with Gasteiger partial charge in [-0.05, 0) is 36.2 Å². The van der Waals surface area contributed by atoms with Crippen LogP contribution in [0.1, 0.15) is 16.7 Å². The van der Waals surface area contributed by atoms with Crippen LogP contribution in [0.15, 0.2) is 53.4 Å². The van der Waals surface area contributed by atoms with Gasteiger partial charge in [-0.2, -0.15) is 5.26 Å². The number of benzene rings is 2. The Morgan fingerprint density at radius 1 is 1.11 bits per heavy atom. The van der Waals surface area contributed by atoms with E-state index in [2.05, 4.69) is 6.07 Å². The number of aryl methyl sites for hydroxylation is 1. The SMILES string of the molecule is Cc1ccccc1S(=O)Cc1ccc(C#N)cc1. The summed E-state index contributed by atoms with van der Waals surface area (Å²) < 4.78 is 12.2. The maximum atomic E-state index is 12.2. The lowest BCUT2D eigenvalue weighted by atomic mass is 10.2. The summed E-state index contributed by atoms with van der Waals surface area (Å²) in [7, 11) is -1.04. The Morgan fingerprint density at radius 3 is 2.39 bits per heavy atom. The van der Waals surface area contributed by atoms with Crippen LogP contribution < -0.4 is 0 Å². The molecule has 18 heavy (non-hydrogen) atoms. The minimum atomic E-state index is -1.04. The van der Waals surface area contributed by atoms with Crippen LogP contribution in [0.25, 0.3) is 0 Å². The predicted molar refractivity (Wildman–Crippen MR) is 72.4 cm³/mol. The average Bonchev–Trinajstić information content (AvgIpc) is 2.40. The Kier molecular flexibility index (Phi) is 3.91. The van der Waals surface area contributed by atoms with E-state index in [0.29, 0.717) is 11.3 Å². The molecule has 3 heteroatoms. The van der Waals surface area contributed by atoms with Gasteiger partial charge in [0.1, 0.15) is 0 Å². The molecular weight excluding hydrogens is 242 g/mol. The predicted octanol–water partition coefficient (Wildman–Crippen LogP) is 3.17. The van der Waals surface area contributed by atoms with Crippen LogP contribution in [0.2, 0.25) is 0 Å². The summed E-state index contributed by atoms with van der Waals surface area (Å²) >= 11 is 0. The van der Waals surface area contributed by atoms with Crippen molar-refractivity contribution >= 4 is 10.8 Å². The van der Waals surface area contributed by atoms with Gasteiger partial charge in [-0.3, -0.25) is 4.21 Å². The summed E-state index contributed by atoms with van der Waals surface area (Å²) in [4.78, 5) is 0.877. The second kappa shape index (κ2) is 5.61. The number of nitriles is 1. The second-order valence-electron chi connectivity index (χ2n) is 4.06. The Morgan fingerprint density at radius 2 is 1.78 bits per heavy atom. The van der Waals surface area contributed by atoms with Crippen molar-refractivity contribution in [3.05, 3.63) is 65.2 Å². The van der Waals surface area contributed by atoms with Crippen LogP contribution in [-0.4, -0.2) is 4.21 Å². The first-order chi connectivity index (χ1) is 8.70. The maximum Gasteiger partial charge on any atom is 0.0991 e. The molecular formula is C15H13NOS. The average molecular weight is 255 g/mol. The van der Waals surface area contributed by atoms with Crippen LogP contribution in [0.5, 0.6) is 0 Å². The fraction of sp³-hybridized carbons (Fsp3) is 0.133. The second-order valence-corrected chi connectivity index (χ2v) is 5.48. The highest BCUT2D eigenvalue weighted by atomic mass is 32.2. The molecule has 90 valence electrons. The molecule has 0 aromatic heterocycles. The molecule has 0 N–H and O–H groups in total. The Labute approximate surface area is 109 Å². The first-order valence-electron chi connectivity index (χ1n) is 5.64. The lowest BCUT2D eigenvalue weighted by Crippen LogP contribution is -1.98. The van der Waals surface area contributed by atoms with E-state index in [1.54, 1.807) is 12.1 Å². The molecule has 1 unspecified atom stereocenters. The highest BCUT2D eigenvalue weighted by Crippen LogP contribution is 2.16. The van der Waals surface area contributed by atoms with Crippen LogP contribution in [0.3, 0.4) is 0 Å². The Bertz CT molecular complexity index is 611. The van der Waals surface area contributed by atoms with Gasteiger partial charge < -0.3 is 0 Å². The van der Waals surface area contributed by atoms with Gasteiger partial charge in [-0.15, -0.1) is 0 Å². The smallest absolute Gasteiger partial charge is 0.0991 e. The molecule has 0 fully saturated rings. The van der Waals surface area contributed by atoms with Crippen LogP contribution in [0.4, 0.5) is 0 Å². The van der Waals surface area contributed by atoms with Crippen molar-refractivity contribution in [3.63, 3.8) is 0 Å². The molecule has 1 atom stereocenters. The third kappa shape index (κ3) is 2.85. The van der Waals surface area contributed by atoms with Gasteiger partial charge in [0.25, 0.3) is 0 Å². The van der Waals surface area contributed by atoms with Gasteiger partial charge in [-0.25, -0.2) is 0 Å². The topological polar surface area (TPSA) is 40.9 Å². The summed E-state index contributed by atoms with van der Waals surface area (Å²) in [6, 6.07) is 17.0. The van der Waals surface area contributed by atoms with Gasteiger partial charge in [0.05, 0.1) is 28.2 Å². The molecule has 0 aliphatic heterocycles. The minimum absolute atomic E-state index is 0.483. The number of rotatable bonds is 3. The van der Waals surface area contributed by atoms with Gasteiger partial charge in [0, 0.05) is 4.90 Å². The molecule has 0 bridgehead atoms. The summed E-state index contributed by atoms with van der Waals surface area (Å²) in [5.74, 6) is 0.483. The zero-order valence-corrected chi connectivity index (χ0v) is 10.9. The summed E-state index contributed by atoms with van der Waals surface area (Å²) in [5.41, 5.74) is 2.65. The highest BCUT2D eigenvalue weighted by molar-refractivity contribution is 7.84. The van der Waals surface area contributed by atoms with Gasteiger partial charge in [0.15, 0.2) is 0 Å². The molecule has 0 saturated carbocycles. The van der Waals surface area contributed by atoms with E-state index in [9.17, 15) is 4.21 Å². The lowest BCUT2D eigenvalue weighted by molar-refractivity contribution is 0.682. The zero-order chi connectivity index (χ0) is 13.0. The third-order valence-corrected chi connectivity index (χ3v) is 4.26. The fourth-order valence-electron chi connectivity index (χ4n) is 1.72. The van der Waals surface area contributed by atoms with E-state index < -0.39 is 10.8 Å². The molecule has 0 radical (unpaired) electrons. The van der Waals surface area contributed by atoms with Crippen molar-refractivity contribution in [2.45, 2.75) is 17.6 Å². The van der Waals surface area contributed by atoms with Crippen LogP contribution in [-0.2, 0) is 16.6 Å². The van der Waals surface area contributed by atoms with E-state index >= 15 is 0 Å². The van der Waals surface area contributed by atoms with Crippen molar-refractivity contribution in [2.24, 2.45) is 0 Å². The van der Waals surface area contributed by atoms with E-state index in [1.165, 1.54) is 0 Å². The maximum absolute atomic E-state index is 12.2. The molecule has 2 rings (SSSR count). The first-order valence-corrected chi connectivity index (χ1v) is 6.95. The number of hydrogen-bond donors (Lipinski definition) is 0. The standard InChI is InChI=1S/C15H13NOS/c1-12-4-2-3-5-15(12)18(17)11-14-8-6-13(10-16)7-9-14/h2-9H,11H2,1H3. The molecule has 2 aromatic rings. The van der Waals surface area contributed by atoms with E-state index in [-0.39, 0.29) is 0 Å². The number of hydrogen-bond acceptors (Lipinski definition) is 2. The summed E-state index contributed by atoms with van der Waals surface area (Å²) in [5, 5.41) is 8.71. The third-order valence-electron chi connectivity index (χ3n) is 2.72. The van der Waals surface area contributed by atoms with E-state index in [0.717, 1.165) is 16.0 Å². The zero-order valence-electron chi connectivity index (χ0n) is 10.1. The van der Waals surface area contributed by atoms with Gasteiger partial charge >= 0.3 is 0 Å². The first kappa shape index (κ1) is 12.5. The number of nitrogens with zero attached hydrogens (tertiary/aromatic N) is 1. The molecule has 0 saturated heterocycles. The van der Waals surface area contributed by atoms with E-state index in [4.69, 9.17) is 5.26 Å². The van der Waals surface area contributed by atoms with E-state index in [1.807, 2.05) is 43.3 Å². The molecule has 0 heterocycles. The summed E-state index contributed by atoms with van der Waals surface area (Å²) in [6.45, 7) is 1.96. The van der Waals surface area contributed by atoms with Crippen LogP contribution in [0, 0.1) is 18.3 Å².